The van der Waals surface area contributed by atoms with Gasteiger partial charge in [-0.15, -0.1) is 0 Å². The number of carboxylic acids is 1. The van der Waals surface area contributed by atoms with Crippen LogP contribution in [0.1, 0.15) is 27.2 Å². The fraction of sp³-hybridized carbons (Fsp3) is 0.750. The van der Waals surface area contributed by atoms with Crippen molar-refractivity contribution < 1.29 is 9.90 Å². The highest BCUT2D eigenvalue weighted by Gasteiger charge is 2.22. The number of nitrogens with one attached hydrogen (secondary N) is 1. The lowest BCUT2D eigenvalue weighted by Crippen LogP contribution is -2.26. The molecular formula is C8H15NO2. The van der Waals surface area contributed by atoms with Gasteiger partial charge in [0.15, 0.2) is 0 Å². The largest absolute Gasteiger partial charge is 0.481 e. The number of carbonyl (C=O) groups is 1. The molecule has 0 aromatic heterocycles. The fourth-order valence-corrected chi connectivity index (χ4v) is 0.930. The van der Waals surface area contributed by atoms with Gasteiger partial charge in [-0.2, -0.15) is 0 Å². The molecule has 64 valence electrons. The van der Waals surface area contributed by atoms with Crippen LogP contribution < -0.4 is 0 Å². The summed E-state index contributed by atoms with van der Waals surface area (Å²) in [5.74, 6) is -1.43. The zero-order chi connectivity index (χ0) is 9.02. The zero-order valence-corrected chi connectivity index (χ0v) is 7.22. The Morgan fingerprint density at radius 3 is 2.09 bits per heavy atom. The van der Waals surface area contributed by atoms with E-state index in [4.69, 9.17) is 10.5 Å². The van der Waals surface area contributed by atoms with Gasteiger partial charge in [0.1, 0.15) is 0 Å². The minimum absolute atomic E-state index is 0.0380. The Morgan fingerprint density at radius 2 is 2.00 bits per heavy atom. The second kappa shape index (κ2) is 4.11. The van der Waals surface area contributed by atoms with Gasteiger partial charge in [-0.1, -0.05) is 20.8 Å². The van der Waals surface area contributed by atoms with Crippen molar-refractivity contribution in [2.75, 3.05) is 0 Å². The Morgan fingerprint density at radius 1 is 1.55 bits per heavy atom. The van der Waals surface area contributed by atoms with Crippen molar-refractivity contribution >= 4 is 11.7 Å². The number of hydrogen-bond acceptors (Lipinski definition) is 2. The van der Waals surface area contributed by atoms with Crippen LogP contribution in [0, 0.1) is 17.2 Å². The molecule has 0 rings (SSSR count). The molecule has 0 radical (unpaired) electrons. The first kappa shape index (κ1) is 10.1. The molecule has 0 heterocycles. The highest BCUT2D eigenvalue weighted by molar-refractivity contribution is 6.00. The Hall–Kier alpha value is -0.860. The predicted molar refractivity (Wildman–Crippen MR) is 44.0 cm³/mol. The van der Waals surface area contributed by atoms with E-state index in [-0.39, 0.29) is 5.92 Å². The lowest BCUT2D eigenvalue weighted by atomic mass is 9.92. The fourth-order valence-electron chi connectivity index (χ4n) is 0.930. The first-order valence-electron chi connectivity index (χ1n) is 3.81. The summed E-state index contributed by atoms with van der Waals surface area (Å²) in [7, 11) is 0. The monoisotopic (exact) mass is 157 g/mol. The van der Waals surface area contributed by atoms with Crippen LogP contribution in [-0.4, -0.2) is 16.8 Å². The second-order valence-corrected chi connectivity index (χ2v) is 2.91. The summed E-state index contributed by atoms with van der Waals surface area (Å²) in [6.45, 7) is 5.47. The predicted octanol–water partition coefficient (Wildman–Crippen LogP) is 1.77. The van der Waals surface area contributed by atoms with E-state index < -0.39 is 11.9 Å². The normalized spacial score (nSPS) is 13.1. The molecule has 3 heteroatoms. The summed E-state index contributed by atoms with van der Waals surface area (Å²) in [4.78, 5) is 10.5. The van der Waals surface area contributed by atoms with Crippen LogP contribution in [0.15, 0.2) is 0 Å². The van der Waals surface area contributed by atoms with Gasteiger partial charge in [-0.05, 0) is 12.3 Å². The molecule has 11 heavy (non-hydrogen) atoms. The molecule has 0 saturated carbocycles. The van der Waals surface area contributed by atoms with Crippen molar-refractivity contribution in [1.29, 1.82) is 5.41 Å². The van der Waals surface area contributed by atoms with E-state index in [0.29, 0.717) is 12.1 Å². The molecule has 0 aliphatic carbocycles. The molecule has 0 aliphatic heterocycles. The molecule has 2 N–H and O–H groups in total. The average Bonchev–Trinajstić information content (AvgIpc) is 1.88. The van der Waals surface area contributed by atoms with Crippen molar-refractivity contribution in [2.45, 2.75) is 27.2 Å². The molecule has 0 fully saturated rings. The highest BCUT2D eigenvalue weighted by Crippen LogP contribution is 2.11. The van der Waals surface area contributed by atoms with E-state index in [0.717, 1.165) is 0 Å². The van der Waals surface area contributed by atoms with Crippen molar-refractivity contribution in [1.82, 2.24) is 0 Å². The first-order chi connectivity index (χ1) is 5.00. The van der Waals surface area contributed by atoms with Gasteiger partial charge in [-0.3, -0.25) is 4.79 Å². The minimum Gasteiger partial charge on any atom is -0.481 e. The maximum absolute atomic E-state index is 10.5. The molecular weight excluding hydrogens is 142 g/mol. The van der Waals surface area contributed by atoms with Crippen molar-refractivity contribution in [3.8, 4) is 0 Å². The molecule has 3 nitrogen and oxygen atoms in total. The van der Waals surface area contributed by atoms with E-state index in [1.165, 1.54) is 0 Å². The maximum Gasteiger partial charge on any atom is 0.312 e. The molecule has 0 aromatic carbocycles. The number of hydrogen-bond donors (Lipinski definition) is 2. The Kier molecular flexibility index (Phi) is 3.79. The van der Waals surface area contributed by atoms with Crippen LogP contribution in [-0.2, 0) is 4.79 Å². The highest BCUT2D eigenvalue weighted by atomic mass is 16.4. The summed E-state index contributed by atoms with van der Waals surface area (Å²) < 4.78 is 0. The summed E-state index contributed by atoms with van der Waals surface area (Å²) >= 11 is 0. The molecule has 0 aromatic rings. The van der Waals surface area contributed by atoms with Crippen molar-refractivity contribution in [3.05, 3.63) is 0 Å². The summed E-state index contributed by atoms with van der Waals surface area (Å²) in [5.41, 5.74) is 0.319. The molecule has 0 unspecified atom stereocenters. The summed E-state index contributed by atoms with van der Waals surface area (Å²) in [6.07, 6.45) is 0.506. The van der Waals surface area contributed by atoms with Gasteiger partial charge >= 0.3 is 5.97 Å². The van der Waals surface area contributed by atoms with Crippen LogP contribution in [0.4, 0.5) is 0 Å². The van der Waals surface area contributed by atoms with E-state index in [1.54, 1.807) is 6.92 Å². The molecule has 0 spiro atoms. The lowest BCUT2D eigenvalue weighted by molar-refractivity contribution is -0.139. The maximum atomic E-state index is 10.5. The van der Waals surface area contributed by atoms with Crippen LogP contribution >= 0.6 is 0 Å². The van der Waals surface area contributed by atoms with E-state index in [2.05, 4.69) is 0 Å². The van der Waals surface area contributed by atoms with Gasteiger partial charge in [0.05, 0.1) is 5.92 Å². The second-order valence-electron chi connectivity index (χ2n) is 2.91. The quantitative estimate of drug-likeness (QED) is 0.611. The van der Waals surface area contributed by atoms with Crippen molar-refractivity contribution in [3.63, 3.8) is 0 Å². The molecule has 0 saturated heterocycles. The molecule has 0 bridgehead atoms. The van der Waals surface area contributed by atoms with E-state index in [1.807, 2.05) is 13.8 Å². The number of carboxylic acid groups (broad SMARTS) is 1. The van der Waals surface area contributed by atoms with Crippen LogP contribution in [0.2, 0.25) is 0 Å². The molecule has 1 atom stereocenters. The SMILES string of the molecule is CC[C@H](C(=N)C(C)C)C(=O)O. The van der Waals surface area contributed by atoms with Gasteiger partial charge < -0.3 is 10.5 Å². The van der Waals surface area contributed by atoms with Crippen LogP contribution in [0.3, 0.4) is 0 Å². The lowest BCUT2D eigenvalue weighted by Gasteiger charge is -2.13. The minimum atomic E-state index is -0.883. The van der Waals surface area contributed by atoms with Crippen LogP contribution in [0.25, 0.3) is 0 Å². The molecule has 0 aliphatic rings. The van der Waals surface area contributed by atoms with Gasteiger partial charge in [0.25, 0.3) is 0 Å². The Balaban J connectivity index is 4.27. The number of rotatable bonds is 4. The third kappa shape index (κ3) is 2.70. The third-order valence-electron chi connectivity index (χ3n) is 1.70. The van der Waals surface area contributed by atoms with Crippen molar-refractivity contribution in [2.24, 2.45) is 11.8 Å². The zero-order valence-electron chi connectivity index (χ0n) is 7.22. The van der Waals surface area contributed by atoms with Crippen LogP contribution in [0.5, 0.6) is 0 Å². The smallest absolute Gasteiger partial charge is 0.312 e. The van der Waals surface area contributed by atoms with Gasteiger partial charge in [0, 0.05) is 5.71 Å². The Bertz CT molecular complexity index is 163. The standard InChI is InChI=1S/C8H15NO2/c1-4-6(8(10)11)7(9)5(2)3/h5-6,9H,4H2,1-3H3,(H,10,11)/t6-/m1/s1. The summed E-state index contributed by atoms with van der Waals surface area (Å²) in [5, 5.41) is 16.1. The number of aliphatic carboxylic acids is 1. The third-order valence-corrected chi connectivity index (χ3v) is 1.70. The Labute approximate surface area is 66.9 Å². The average molecular weight is 157 g/mol. The van der Waals surface area contributed by atoms with E-state index >= 15 is 0 Å². The van der Waals surface area contributed by atoms with E-state index in [9.17, 15) is 4.79 Å². The van der Waals surface area contributed by atoms with Gasteiger partial charge in [-0.25, -0.2) is 0 Å². The molecule has 0 amide bonds. The first-order valence-corrected chi connectivity index (χ1v) is 3.81. The van der Waals surface area contributed by atoms with Gasteiger partial charge in [0.2, 0.25) is 0 Å². The summed E-state index contributed by atoms with van der Waals surface area (Å²) in [6, 6.07) is 0. The topological polar surface area (TPSA) is 61.2 Å².